The number of cyclic esters (lactones) is 1. The van der Waals surface area contributed by atoms with Gasteiger partial charge in [0, 0.05) is 0 Å². The molecule has 1 aromatic carbocycles. The van der Waals surface area contributed by atoms with E-state index < -0.39 is 55.9 Å². The Morgan fingerprint density at radius 1 is 1.07 bits per heavy atom. The quantitative estimate of drug-likeness (QED) is 0.369. The first kappa shape index (κ1) is 32.1. The van der Waals surface area contributed by atoms with Crippen LogP contribution in [0, 0.1) is 5.92 Å². The first-order valence-corrected chi connectivity index (χ1v) is 17.0. The number of ether oxygens (including phenoxy) is 3. The molecule has 2 fully saturated rings. The summed E-state index contributed by atoms with van der Waals surface area (Å²) >= 11 is 0. The summed E-state index contributed by atoms with van der Waals surface area (Å²) in [6, 6.07) is 8.68. The van der Waals surface area contributed by atoms with Crippen molar-refractivity contribution in [2.75, 3.05) is 13.2 Å². The van der Waals surface area contributed by atoms with Crippen LogP contribution in [0.1, 0.15) is 67.9 Å². The monoisotopic (exact) mass is 576 g/mol. The van der Waals surface area contributed by atoms with Crippen LogP contribution >= 0.6 is 0 Å². The van der Waals surface area contributed by atoms with E-state index in [-0.39, 0.29) is 24.2 Å². The van der Waals surface area contributed by atoms with Gasteiger partial charge in [-0.15, -0.1) is 0 Å². The fraction of sp³-hybridized carbons (Fsp3) is 0.700. The van der Waals surface area contributed by atoms with E-state index in [9.17, 15) is 14.4 Å². The molecule has 4 unspecified atom stereocenters. The van der Waals surface area contributed by atoms with E-state index >= 15 is 0 Å². The summed E-state index contributed by atoms with van der Waals surface area (Å²) in [4.78, 5) is 43.3. The molecule has 2 heterocycles. The molecule has 3 rings (SSSR count). The number of nitrogens with zero attached hydrogens (tertiary/aromatic N) is 2. The van der Waals surface area contributed by atoms with Crippen LogP contribution in [0.25, 0.3) is 0 Å². The van der Waals surface area contributed by atoms with Gasteiger partial charge in [0.05, 0.1) is 30.7 Å². The number of hydrogen-bond acceptors (Lipinski definition) is 7. The number of amides is 3. The molecule has 0 N–H and O–H groups in total. The molecule has 40 heavy (non-hydrogen) atoms. The summed E-state index contributed by atoms with van der Waals surface area (Å²) in [6.07, 6.45) is -1.45. The van der Waals surface area contributed by atoms with Crippen LogP contribution in [-0.2, 0) is 29.9 Å². The fourth-order valence-electron chi connectivity index (χ4n) is 4.90. The lowest BCUT2D eigenvalue weighted by atomic mass is 9.94. The molecule has 0 bridgehead atoms. The first-order valence-electron chi connectivity index (χ1n) is 14.1. The average molecular weight is 577 g/mol. The van der Waals surface area contributed by atoms with Crippen molar-refractivity contribution < 1.29 is 33.0 Å². The van der Waals surface area contributed by atoms with E-state index in [1.807, 2.05) is 51.1 Å². The normalized spacial score (nSPS) is 23.1. The van der Waals surface area contributed by atoms with Gasteiger partial charge in [-0.2, -0.15) is 0 Å². The minimum absolute atomic E-state index is 0.129. The van der Waals surface area contributed by atoms with Gasteiger partial charge in [0.15, 0.2) is 8.32 Å². The highest BCUT2D eigenvalue weighted by atomic mass is 28.4. The van der Waals surface area contributed by atoms with Gasteiger partial charge in [-0.05, 0) is 64.7 Å². The van der Waals surface area contributed by atoms with Gasteiger partial charge < -0.3 is 18.6 Å². The maximum atomic E-state index is 14.1. The molecule has 4 atom stereocenters. The second-order valence-corrected chi connectivity index (χ2v) is 18.7. The lowest BCUT2D eigenvalue weighted by Gasteiger charge is -2.45. The lowest BCUT2D eigenvalue weighted by Crippen LogP contribution is -2.60. The number of carbonyl (C=O) groups excluding carboxylic acids is 3. The van der Waals surface area contributed by atoms with E-state index in [2.05, 4.69) is 33.9 Å². The van der Waals surface area contributed by atoms with Crippen LogP contribution in [0.4, 0.5) is 9.59 Å². The molecule has 0 saturated carbocycles. The maximum Gasteiger partial charge on any atom is 0.416 e. The van der Waals surface area contributed by atoms with Crippen LogP contribution in [0.15, 0.2) is 30.3 Å². The third kappa shape index (κ3) is 7.06. The van der Waals surface area contributed by atoms with E-state index in [4.69, 9.17) is 18.6 Å². The summed E-state index contributed by atoms with van der Waals surface area (Å²) in [5.41, 5.74) is -0.693. The van der Waals surface area contributed by atoms with Crippen LogP contribution in [0.5, 0.6) is 0 Å². The molecule has 10 heteroatoms. The van der Waals surface area contributed by atoms with Crippen LogP contribution in [0.2, 0.25) is 18.1 Å². The van der Waals surface area contributed by atoms with Gasteiger partial charge in [0.1, 0.15) is 17.9 Å². The van der Waals surface area contributed by atoms with Gasteiger partial charge in [0.25, 0.3) is 0 Å². The molecule has 0 aromatic heterocycles. The number of rotatable bonds is 7. The Kier molecular flexibility index (Phi) is 9.18. The number of hydrogen-bond donors (Lipinski definition) is 0. The fourth-order valence-corrected chi connectivity index (χ4v) is 6.29. The zero-order valence-corrected chi connectivity index (χ0v) is 27.1. The zero-order valence-electron chi connectivity index (χ0n) is 26.1. The van der Waals surface area contributed by atoms with E-state index in [1.54, 1.807) is 25.7 Å². The Morgan fingerprint density at radius 3 is 2.23 bits per heavy atom. The third-order valence-corrected chi connectivity index (χ3v) is 12.6. The summed E-state index contributed by atoms with van der Waals surface area (Å²) in [7, 11) is -2.46. The molecule has 0 radical (unpaired) electrons. The molecule has 0 aliphatic carbocycles. The third-order valence-electron chi connectivity index (χ3n) is 8.12. The summed E-state index contributed by atoms with van der Waals surface area (Å²) in [5, 5.41) is -0.165. The molecule has 2 saturated heterocycles. The maximum absolute atomic E-state index is 14.1. The molecule has 9 nitrogen and oxygen atoms in total. The Bertz CT molecular complexity index is 1080. The molecule has 2 aliphatic rings. The van der Waals surface area contributed by atoms with Gasteiger partial charge in [-0.25, -0.2) is 14.5 Å². The highest BCUT2D eigenvalue weighted by molar-refractivity contribution is 6.74. The molecular weight excluding hydrogens is 528 g/mol. The van der Waals surface area contributed by atoms with Crippen molar-refractivity contribution >= 4 is 26.4 Å². The van der Waals surface area contributed by atoms with Crippen molar-refractivity contribution in [3.63, 3.8) is 0 Å². The van der Waals surface area contributed by atoms with Crippen molar-refractivity contribution in [2.45, 2.75) is 116 Å². The number of carbonyl (C=O) groups is 3. The summed E-state index contributed by atoms with van der Waals surface area (Å²) in [5.74, 6) is -1.16. The van der Waals surface area contributed by atoms with Crippen molar-refractivity contribution in [3.8, 4) is 0 Å². The minimum Gasteiger partial charge on any atom is -0.447 e. The van der Waals surface area contributed by atoms with Crippen molar-refractivity contribution in [1.29, 1.82) is 0 Å². The van der Waals surface area contributed by atoms with Gasteiger partial charge in [-0.3, -0.25) is 9.69 Å². The van der Waals surface area contributed by atoms with Crippen molar-refractivity contribution in [3.05, 3.63) is 35.9 Å². The van der Waals surface area contributed by atoms with Crippen LogP contribution in [0.3, 0.4) is 0 Å². The van der Waals surface area contributed by atoms with Gasteiger partial charge >= 0.3 is 12.2 Å². The Balaban J connectivity index is 1.99. The molecular formula is C30H48N2O7Si. The average Bonchev–Trinajstić information content (AvgIpc) is 3.33. The SMILES string of the molecule is CC(C(=O)N1C(=O)OCC1Cc1ccccc1)C(O[Si](C)(C)C(C)(C)C)C1COC(C)(C)N1C(=O)OC(C)(C)C. The van der Waals surface area contributed by atoms with Crippen molar-refractivity contribution in [2.24, 2.45) is 5.92 Å². The van der Waals surface area contributed by atoms with Crippen LogP contribution in [-0.4, -0.2) is 78.9 Å². The summed E-state index contributed by atoms with van der Waals surface area (Å²) < 4.78 is 24.2. The Hall–Kier alpha value is -2.43. The van der Waals surface area contributed by atoms with E-state index in [1.165, 1.54) is 4.90 Å². The molecule has 224 valence electrons. The molecule has 3 amide bonds. The topological polar surface area (TPSA) is 94.6 Å². The largest absolute Gasteiger partial charge is 0.447 e. The molecule has 1 aromatic rings. The van der Waals surface area contributed by atoms with Crippen molar-refractivity contribution in [1.82, 2.24) is 9.80 Å². The van der Waals surface area contributed by atoms with E-state index in [0.29, 0.717) is 6.42 Å². The first-order chi connectivity index (χ1) is 18.2. The second kappa shape index (κ2) is 11.4. The predicted molar refractivity (Wildman–Crippen MR) is 155 cm³/mol. The Morgan fingerprint density at radius 2 is 1.68 bits per heavy atom. The number of imide groups is 1. The highest BCUT2D eigenvalue weighted by Gasteiger charge is 2.54. The van der Waals surface area contributed by atoms with Crippen LogP contribution < -0.4 is 0 Å². The predicted octanol–water partition coefficient (Wildman–Crippen LogP) is 5.98. The van der Waals surface area contributed by atoms with Gasteiger partial charge in [-0.1, -0.05) is 58.0 Å². The lowest BCUT2D eigenvalue weighted by molar-refractivity contribution is -0.137. The molecule has 2 aliphatic heterocycles. The van der Waals surface area contributed by atoms with Gasteiger partial charge in [0.2, 0.25) is 5.91 Å². The van der Waals surface area contributed by atoms with E-state index in [0.717, 1.165) is 5.56 Å². The second-order valence-electron chi connectivity index (χ2n) is 13.9. The molecule has 0 spiro atoms. The standard InChI is InChI=1S/C30H48N2O7Si/c1-20(25(33)31-22(18-36-26(31)34)17-21-15-13-12-14-16-21)24(39-40(10,11)29(5,6)7)23-19-37-30(8,9)32(23)27(35)38-28(2,3)4/h12-16,20,22-24H,17-19H2,1-11H3. The summed E-state index contributed by atoms with van der Waals surface area (Å²) in [6.45, 7) is 21.7. The number of benzene rings is 1. The smallest absolute Gasteiger partial charge is 0.416 e. The zero-order chi connectivity index (χ0) is 30.3. The minimum atomic E-state index is -2.46. The Labute approximate surface area is 240 Å². The highest BCUT2D eigenvalue weighted by Crippen LogP contribution is 2.41.